The van der Waals surface area contributed by atoms with Crippen LogP contribution in [0.2, 0.25) is 0 Å². The molecule has 1 aromatic carbocycles. The molecule has 0 aliphatic carbocycles. The molecule has 25 heavy (non-hydrogen) atoms. The van der Waals surface area contributed by atoms with E-state index in [1.165, 1.54) is 0 Å². The lowest BCUT2D eigenvalue weighted by atomic mass is 10.2. The first-order valence-corrected chi connectivity index (χ1v) is 9.07. The highest BCUT2D eigenvalue weighted by Crippen LogP contribution is 2.11. The Kier molecular flexibility index (Phi) is 8.18. The quantitative estimate of drug-likeness (QED) is 0.732. The monoisotopic (exact) mass is 349 g/mol. The maximum atomic E-state index is 12.1. The van der Waals surface area contributed by atoms with Crippen molar-refractivity contribution in [3.05, 3.63) is 29.8 Å². The molecule has 1 aliphatic rings. The molecule has 1 heterocycles. The number of carbonyl (C=O) groups excluding carboxylic acids is 1. The maximum absolute atomic E-state index is 12.1. The lowest BCUT2D eigenvalue weighted by molar-refractivity contribution is 0.0448. The standard InChI is InChI=1S/C19H31N3O3/c1-16(2)25-15-14-22-12-10-21(11-13-22)9-8-20-19(23)17-4-6-18(24-3)7-5-17/h4-7,16H,8-15H2,1-3H3,(H,20,23). The normalized spacial score (nSPS) is 16.2. The minimum Gasteiger partial charge on any atom is -0.497 e. The highest BCUT2D eigenvalue weighted by molar-refractivity contribution is 5.94. The summed E-state index contributed by atoms with van der Waals surface area (Å²) in [5.41, 5.74) is 0.663. The number of benzene rings is 1. The summed E-state index contributed by atoms with van der Waals surface area (Å²) in [7, 11) is 1.62. The van der Waals surface area contributed by atoms with Gasteiger partial charge in [-0.25, -0.2) is 0 Å². The molecule has 1 amide bonds. The van der Waals surface area contributed by atoms with Gasteiger partial charge in [0.2, 0.25) is 0 Å². The number of nitrogens with one attached hydrogen (secondary N) is 1. The zero-order valence-electron chi connectivity index (χ0n) is 15.7. The molecule has 1 fully saturated rings. The SMILES string of the molecule is COc1ccc(C(=O)NCCN2CCN(CCOC(C)C)CC2)cc1. The van der Waals surface area contributed by atoms with E-state index in [9.17, 15) is 4.79 Å². The average molecular weight is 349 g/mol. The number of hydrogen-bond donors (Lipinski definition) is 1. The smallest absolute Gasteiger partial charge is 0.251 e. The maximum Gasteiger partial charge on any atom is 0.251 e. The number of amides is 1. The number of carbonyl (C=O) groups is 1. The Morgan fingerprint density at radius 2 is 1.68 bits per heavy atom. The van der Waals surface area contributed by atoms with E-state index in [1.54, 1.807) is 31.4 Å². The Bertz CT molecular complexity index is 511. The number of piperazine rings is 1. The van der Waals surface area contributed by atoms with Crippen LogP contribution in [0.15, 0.2) is 24.3 Å². The van der Waals surface area contributed by atoms with E-state index >= 15 is 0 Å². The second-order valence-corrected chi connectivity index (χ2v) is 6.59. The van der Waals surface area contributed by atoms with Crippen LogP contribution in [0.5, 0.6) is 5.75 Å². The Morgan fingerprint density at radius 3 is 2.24 bits per heavy atom. The van der Waals surface area contributed by atoms with Crippen molar-refractivity contribution in [1.82, 2.24) is 15.1 Å². The van der Waals surface area contributed by atoms with Crippen LogP contribution in [0.3, 0.4) is 0 Å². The van der Waals surface area contributed by atoms with Gasteiger partial charge < -0.3 is 14.8 Å². The van der Waals surface area contributed by atoms with E-state index in [-0.39, 0.29) is 5.91 Å². The van der Waals surface area contributed by atoms with Crippen molar-refractivity contribution in [3.63, 3.8) is 0 Å². The first-order valence-electron chi connectivity index (χ1n) is 9.07. The summed E-state index contributed by atoms with van der Waals surface area (Å²) in [6.45, 7) is 11.7. The fourth-order valence-corrected chi connectivity index (χ4v) is 2.83. The van der Waals surface area contributed by atoms with Gasteiger partial charge >= 0.3 is 0 Å². The van der Waals surface area contributed by atoms with Crippen LogP contribution in [0, 0.1) is 0 Å². The van der Waals surface area contributed by atoms with Crippen LogP contribution < -0.4 is 10.1 Å². The third-order valence-corrected chi connectivity index (χ3v) is 4.39. The number of nitrogens with zero attached hydrogens (tertiary/aromatic N) is 2. The van der Waals surface area contributed by atoms with Gasteiger partial charge in [-0.05, 0) is 38.1 Å². The van der Waals surface area contributed by atoms with E-state index in [4.69, 9.17) is 9.47 Å². The fraction of sp³-hybridized carbons (Fsp3) is 0.632. The molecule has 0 spiro atoms. The molecule has 1 aliphatic heterocycles. The van der Waals surface area contributed by atoms with Gasteiger partial charge in [0.05, 0.1) is 19.8 Å². The van der Waals surface area contributed by atoms with Crippen molar-refractivity contribution in [1.29, 1.82) is 0 Å². The molecule has 0 radical (unpaired) electrons. The summed E-state index contributed by atoms with van der Waals surface area (Å²) < 4.78 is 10.7. The van der Waals surface area contributed by atoms with Crippen LogP contribution >= 0.6 is 0 Å². The van der Waals surface area contributed by atoms with Crippen molar-refractivity contribution in [2.24, 2.45) is 0 Å². The Hall–Kier alpha value is -1.63. The largest absolute Gasteiger partial charge is 0.497 e. The summed E-state index contributed by atoms with van der Waals surface area (Å²) >= 11 is 0. The van der Waals surface area contributed by atoms with Crippen LogP contribution in [0.1, 0.15) is 24.2 Å². The summed E-state index contributed by atoms with van der Waals surface area (Å²) in [6.07, 6.45) is 0.301. The van der Waals surface area contributed by atoms with Crippen molar-refractivity contribution in [3.8, 4) is 5.75 Å². The van der Waals surface area contributed by atoms with Gasteiger partial charge in [0.15, 0.2) is 0 Å². The number of ether oxygens (including phenoxy) is 2. The van der Waals surface area contributed by atoms with Crippen LogP contribution in [0.25, 0.3) is 0 Å². The minimum absolute atomic E-state index is 0.0351. The zero-order chi connectivity index (χ0) is 18.1. The molecule has 140 valence electrons. The number of hydrogen-bond acceptors (Lipinski definition) is 5. The lowest BCUT2D eigenvalue weighted by Gasteiger charge is -2.34. The first kappa shape index (κ1) is 19.7. The molecule has 2 rings (SSSR count). The second kappa shape index (κ2) is 10.4. The van der Waals surface area contributed by atoms with E-state index in [0.29, 0.717) is 18.2 Å². The van der Waals surface area contributed by atoms with Crippen LogP contribution in [-0.2, 0) is 4.74 Å². The van der Waals surface area contributed by atoms with Gasteiger partial charge in [0.1, 0.15) is 5.75 Å². The lowest BCUT2D eigenvalue weighted by Crippen LogP contribution is -2.49. The average Bonchev–Trinajstić information content (AvgIpc) is 2.62. The van der Waals surface area contributed by atoms with E-state index in [0.717, 1.165) is 51.6 Å². The van der Waals surface area contributed by atoms with Crippen LogP contribution in [-0.4, -0.2) is 81.3 Å². The highest BCUT2D eigenvalue weighted by Gasteiger charge is 2.16. The molecule has 0 unspecified atom stereocenters. The summed E-state index contributed by atoms with van der Waals surface area (Å²) in [5, 5.41) is 2.99. The topological polar surface area (TPSA) is 54.0 Å². The van der Waals surface area contributed by atoms with Crippen LogP contribution in [0.4, 0.5) is 0 Å². The summed E-state index contributed by atoms with van der Waals surface area (Å²) in [6, 6.07) is 7.17. The van der Waals surface area contributed by atoms with E-state index in [2.05, 4.69) is 29.0 Å². The van der Waals surface area contributed by atoms with Gasteiger partial charge in [-0.1, -0.05) is 0 Å². The molecule has 0 bridgehead atoms. The third kappa shape index (κ3) is 7.02. The predicted octanol–water partition coefficient (Wildman–Crippen LogP) is 1.47. The predicted molar refractivity (Wildman–Crippen MR) is 99.3 cm³/mol. The Labute approximate surface area is 151 Å². The molecule has 0 saturated carbocycles. The third-order valence-electron chi connectivity index (χ3n) is 4.39. The van der Waals surface area contributed by atoms with Crippen molar-refractivity contribution < 1.29 is 14.3 Å². The molecule has 1 saturated heterocycles. The van der Waals surface area contributed by atoms with Crippen molar-refractivity contribution in [2.45, 2.75) is 20.0 Å². The molecule has 1 N–H and O–H groups in total. The fourth-order valence-electron chi connectivity index (χ4n) is 2.83. The highest BCUT2D eigenvalue weighted by atomic mass is 16.5. The molecule has 0 atom stereocenters. The molecule has 0 aromatic heterocycles. The number of methoxy groups -OCH3 is 1. The first-order chi connectivity index (χ1) is 12.1. The molecular weight excluding hydrogens is 318 g/mol. The molecule has 1 aromatic rings. The molecule has 6 heteroatoms. The van der Waals surface area contributed by atoms with Gasteiger partial charge in [0.25, 0.3) is 5.91 Å². The summed E-state index contributed by atoms with van der Waals surface area (Å²) in [5.74, 6) is 0.723. The molecule has 6 nitrogen and oxygen atoms in total. The van der Waals surface area contributed by atoms with Gasteiger partial charge in [-0.2, -0.15) is 0 Å². The zero-order valence-corrected chi connectivity index (χ0v) is 15.7. The Morgan fingerprint density at radius 1 is 1.08 bits per heavy atom. The minimum atomic E-state index is -0.0351. The molecular formula is C19H31N3O3. The number of rotatable bonds is 9. The summed E-state index contributed by atoms with van der Waals surface area (Å²) in [4.78, 5) is 17.0. The van der Waals surface area contributed by atoms with Gasteiger partial charge in [-0.15, -0.1) is 0 Å². The Balaban J connectivity index is 1.60. The van der Waals surface area contributed by atoms with E-state index < -0.39 is 0 Å². The van der Waals surface area contributed by atoms with Gasteiger partial charge in [0, 0.05) is 51.4 Å². The second-order valence-electron chi connectivity index (χ2n) is 6.59. The van der Waals surface area contributed by atoms with Crippen molar-refractivity contribution >= 4 is 5.91 Å². The van der Waals surface area contributed by atoms with Crippen molar-refractivity contribution in [2.75, 3.05) is 59.5 Å². The van der Waals surface area contributed by atoms with E-state index in [1.807, 2.05) is 0 Å². The van der Waals surface area contributed by atoms with Gasteiger partial charge in [-0.3, -0.25) is 14.6 Å².